The van der Waals surface area contributed by atoms with E-state index in [1.54, 1.807) is 0 Å². The van der Waals surface area contributed by atoms with Crippen LogP contribution in [-0.4, -0.2) is 11.7 Å². The number of rotatable bonds is 5. The summed E-state index contributed by atoms with van der Waals surface area (Å²) in [6, 6.07) is 9.09. The highest BCUT2D eigenvalue weighted by molar-refractivity contribution is 5.28. The molecule has 0 aromatic heterocycles. The highest BCUT2D eigenvalue weighted by atomic mass is 16.3. The van der Waals surface area contributed by atoms with Gasteiger partial charge in [0.1, 0.15) is 0 Å². The van der Waals surface area contributed by atoms with E-state index in [2.05, 4.69) is 38.1 Å². The summed E-state index contributed by atoms with van der Waals surface area (Å²) in [5.74, 6) is 1.72. The Bertz CT molecular complexity index is 360. The standard InChI is InChI=1S/C18H28O/c1-14(2)12-18(13-19)17-10-8-16(9-11-17)15-6-4-3-5-7-15/h8-11,14-15,18-19H,3-7,12-13H2,1-2H3. The molecule has 2 rings (SSSR count). The van der Waals surface area contributed by atoms with Crippen LogP contribution < -0.4 is 0 Å². The van der Waals surface area contributed by atoms with Crippen molar-refractivity contribution in [2.24, 2.45) is 5.92 Å². The van der Waals surface area contributed by atoms with E-state index in [0.717, 1.165) is 12.3 Å². The summed E-state index contributed by atoms with van der Waals surface area (Å²) in [6.45, 7) is 4.71. The lowest BCUT2D eigenvalue weighted by Gasteiger charge is -2.23. The smallest absolute Gasteiger partial charge is 0.0499 e. The van der Waals surface area contributed by atoms with E-state index in [0.29, 0.717) is 11.8 Å². The molecule has 1 aromatic rings. The van der Waals surface area contributed by atoms with Crippen molar-refractivity contribution in [1.29, 1.82) is 0 Å². The van der Waals surface area contributed by atoms with Gasteiger partial charge in [-0.25, -0.2) is 0 Å². The number of aliphatic hydroxyl groups is 1. The topological polar surface area (TPSA) is 20.2 Å². The Morgan fingerprint density at radius 2 is 1.68 bits per heavy atom. The van der Waals surface area contributed by atoms with Crippen LogP contribution >= 0.6 is 0 Å². The molecule has 1 N–H and O–H groups in total. The third-order valence-corrected chi connectivity index (χ3v) is 4.46. The van der Waals surface area contributed by atoms with E-state index in [9.17, 15) is 5.11 Å². The minimum Gasteiger partial charge on any atom is -0.396 e. The number of hydrogen-bond acceptors (Lipinski definition) is 1. The molecule has 1 fully saturated rings. The third-order valence-electron chi connectivity index (χ3n) is 4.46. The highest BCUT2D eigenvalue weighted by Gasteiger charge is 2.17. The first-order chi connectivity index (χ1) is 9.20. The van der Waals surface area contributed by atoms with Gasteiger partial charge in [-0.2, -0.15) is 0 Å². The molecule has 1 aliphatic carbocycles. The Morgan fingerprint density at radius 3 is 2.21 bits per heavy atom. The van der Waals surface area contributed by atoms with E-state index in [1.807, 2.05) is 0 Å². The van der Waals surface area contributed by atoms with Crippen LogP contribution in [0.3, 0.4) is 0 Å². The molecule has 0 spiro atoms. The third kappa shape index (κ3) is 4.07. The second-order valence-electron chi connectivity index (χ2n) is 6.51. The zero-order chi connectivity index (χ0) is 13.7. The summed E-state index contributed by atoms with van der Waals surface area (Å²) in [6.07, 6.45) is 7.97. The molecule has 0 heterocycles. The fourth-order valence-electron chi connectivity index (χ4n) is 3.36. The average Bonchev–Trinajstić information content (AvgIpc) is 2.46. The monoisotopic (exact) mass is 260 g/mol. The molecule has 1 heteroatoms. The van der Waals surface area contributed by atoms with Crippen molar-refractivity contribution >= 4 is 0 Å². The maximum absolute atomic E-state index is 9.55. The quantitative estimate of drug-likeness (QED) is 0.802. The Kier molecular flexibility index (Phi) is 5.45. The largest absolute Gasteiger partial charge is 0.396 e. The highest BCUT2D eigenvalue weighted by Crippen LogP contribution is 2.33. The summed E-state index contributed by atoms with van der Waals surface area (Å²) in [7, 11) is 0. The van der Waals surface area contributed by atoms with Crippen LogP contribution in [0.2, 0.25) is 0 Å². The van der Waals surface area contributed by atoms with Gasteiger partial charge in [0.2, 0.25) is 0 Å². The number of aliphatic hydroxyl groups excluding tert-OH is 1. The van der Waals surface area contributed by atoms with Crippen LogP contribution in [0.5, 0.6) is 0 Å². The van der Waals surface area contributed by atoms with Crippen LogP contribution in [0.1, 0.15) is 75.3 Å². The van der Waals surface area contributed by atoms with Crippen molar-refractivity contribution < 1.29 is 5.11 Å². The molecule has 0 radical (unpaired) electrons. The van der Waals surface area contributed by atoms with Gasteiger partial charge in [-0.05, 0) is 42.2 Å². The molecule has 1 aliphatic rings. The summed E-state index contributed by atoms with van der Waals surface area (Å²) >= 11 is 0. The van der Waals surface area contributed by atoms with Gasteiger partial charge >= 0.3 is 0 Å². The van der Waals surface area contributed by atoms with Gasteiger partial charge in [0.05, 0.1) is 0 Å². The van der Waals surface area contributed by atoms with Gasteiger partial charge in [-0.15, -0.1) is 0 Å². The Balaban J connectivity index is 2.03. The first-order valence-corrected chi connectivity index (χ1v) is 7.91. The predicted octanol–water partition coefficient (Wildman–Crippen LogP) is 4.86. The molecule has 1 unspecified atom stereocenters. The summed E-state index contributed by atoms with van der Waals surface area (Å²) in [4.78, 5) is 0. The molecular weight excluding hydrogens is 232 g/mol. The van der Waals surface area contributed by atoms with E-state index in [-0.39, 0.29) is 6.61 Å². The van der Waals surface area contributed by atoms with E-state index >= 15 is 0 Å². The lowest BCUT2D eigenvalue weighted by atomic mass is 9.83. The second kappa shape index (κ2) is 7.09. The van der Waals surface area contributed by atoms with Crippen molar-refractivity contribution in [2.45, 2.75) is 64.2 Å². The van der Waals surface area contributed by atoms with E-state index in [1.165, 1.54) is 43.2 Å². The zero-order valence-electron chi connectivity index (χ0n) is 12.4. The van der Waals surface area contributed by atoms with Crippen LogP contribution in [-0.2, 0) is 0 Å². The lowest BCUT2D eigenvalue weighted by molar-refractivity contribution is 0.249. The predicted molar refractivity (Wildman–Crippen MR) is 81.5 cm³/mol. The fraction of sp³-hybridized carbons (Fsp3) is 0.667. The Morgan fingerprint density at radius 1 is 1.05 bits per heavy atom. The van der Waals surface area contributed by atoms with Crippen molar-refractivity contribution in [1.82, 2.24) is 0 Å². The molecule has 19 heavy (non-hydrogen) atoms. The van der Waals surface area contributed by atoms with Gasteiger partial charge in [0.25, 0.3) is 0 Å². The second-order valence-corrected chi connectivity index (χ2v) is 6.51. The maximum Gasteiger partial charge on any atom is 0.0499 e. The van der Waals surface area contributed by atoms with Gasteiger partial charge in [0.15, 0.2) is 0 Å². The molecule has 1 saturated carbocycles. The van der Waals surface area contributed by atoms with Crippen LogP contribution in [0, 0.1) is 5.92 Å². The van der Waals surface area contributed by atoms with E-state index < -0.39 is 0 Å². The van der Waals surface area contributed by atoms with Crippen LogP contribution in [0.15, 0.2) is 24.3 Å². The molecule has 0 amide bonds. The van der Waals surface area contributed by atoms with Crippen molar-refractivity contribution in [2.75, 3.05) is 6.61 Å². The van der Waals surface area contributed by atoms with Crippen molar-refractivity contribution in [3.8, 4) is 0 Å². The summed E-state index contributed by atoms with van der Waals surface area (Å²) in [5.41, 5.74) is 2.81. The molecular formula is C18H28O. The van der Waals surface area contributed by atoms with Crippen molar-refractivity contribution in [3.05, 3.63) is 35.4 Å². The zero-order valence-corrected chi connectivity index (χ0v) is 12.4. The fourth-order valence-corrected chi connectivity index (χ4v) is 3.36. The molecule has 1 atom stereocenters. The molecule has 106 valence electrons. The first kappa shape index (κ1) is 14.6. The number of benzene rings is 1. The van der Waals surface area contributed by atoms with Crippen molar-refractivity contribution in [3.63, 3.8) is 0 Å². The van der Waals surface area contributed by atoms with Gasteiger partial charge in [0, 0.05) is 12.5 Å². The molecule has 1 aromatic carbocycles. The van der Waals surface area contributed by atoms with Gasteiger partial charge < -0.3 is 5.11 Å². The molecule has 0 saturated heterocycles. The molecule has 0 bridgehead atoms. The lowest BCUT2D eigenvalue weighted by Crippen LogP contribution is -2.08. The Labute approximate surface area is 118 Å². The maximum atomic E-state index is 9.55. The molecule has 0 aliphatic heterocycles. The normalized spacial score (nSPS) is 18.7. The Hall–Kier alpha value is -0.820. The summed E-state index contributed by atoms with van der Waals surface area (Å²) < 4.78 is 0. The first-order valence-electron chi connectivity index (χ1n) is 7.91. The minimum atomic E-state index is 0.265. The van der Waals surface area contributed by atoms with E-state index in [4.69, 9.17) is 0 Å². The van der Waals surface area contributed by atoms with Crippen LogP contribution in [0.4, 0.5) is 0 Å². The number of hydrogen-bond donors (Lipinski definition) is 1. The average molecular weight is 260 g/mol. The molecule has 1 nitrogen and oxygen atoms in total. The summed E-state index contributed by atoms with van der Waals surface area (Å²) in [5, 5.41) is 9.55. The van der Waals surface area contributed by atoms with Gasteiger partial charge in [-0.3, -0.25) is 0 Å². The van der Waals surface area contributed by atoms with Gasteiger partial charge in [-0.1, -0.05) is 57.4 Å². The SMILES string of the molecule is CC(C)CC(CO)c1ccc(C2CCCCC2)cc1. The minimum absolute atomic E-state index is 0.265. The van der Waals surface area contributed by atoms with Crippen LogP contribution in [0.25, 0.3) is 0 Å².